The number of hydrogen-bond acceptors (Lipinski definition) is 2. The summed E-state index contributed by atoms with van der Waals surface area (Å²) in [6, 6.07) is 10.1. The molecule has 0 bridgehead atoms. The largest absolute Gasteiger partial charge is 0.274 e. The van der Waals surface area contributed by atoms with Crippen LogP contribution < -0.4 is 5.56 Å². The van der Waals surface area contributed by atoms with Crippen LogP contribution in [0.2, 0.25) is 0 Å². The van der Waals surface area contributed by atoms with Gasteiger partial charge in [-0.25, -0.2) is 4.68 Å². The Morgan fingerprint density at radius 1 is 1.27 bits per heavy atom. The summed E-state index contributed by atoms with van der Waals surface area (Å²) in [6.45, 7) is 0. The molecule has 0 radical (unpaired) electrons. The predicted molar refractivity (Wildman–Crippen MR) is 56.6 cm³/mol. The van der Waals surface area contributed by atoms with Crippen molar-refractivity contribution in [3.63, 3.8) is 0 Å². The van der Waals surface area contributed by atoms with Gasteiger partial charge in [0.05, 0.1) is 5.69 Å². The molecule has 0 atom stereocenters. The first kappa shape index (κ1) is 9.73. The first-order chi connectivity index (χ1) is 7.18. The van der Waals surface area contributed by atoms with Gasteiger partial charge in [-0.05, 0) is 23.7 Å². The molecule has 1 aromatic carbocycles. The Labute approximate surface area is 90.1 Å². The molecule has 15 heavy (non-hydrogen) atoms. The van der Waals surface area contributed by atoms with Crippen LogP contribution in [0.5, 0.6) is 0 Å². The Bertz CT molecular complexity index is 542. The highest BCUT2D eigenvalue weighted by Crippen LogP contribution is 2.09. The Morgan fingerprint density at radius 3 is 2.53 bits per heavy atom. The smallest absolute Gasteiger partial charge is 0.271 e. The van der Waals surface area contributed by atoms with Crippen LogP contribution in [0.15, 0.2) is 41.2 Å². The highest BCUT2D eigenvalue weighted by atomic mass is 35.5. The lowest BCUT2D eigenvalue weighted by Gasteiger charge is -2.03. The van der Waals surface area contributed by atoms with E-state index < -0.39 is 5.24 Å². The van der Waals surface area contributed by atoms with Crippen LogP contribution >= 0.6 is 11.6 Å². The third-order valence-corrected chi connectivity index (χ3v) is 2.14. The first-order valence-electron chi connectivity index (χ1n) is 4.26. The Kier molecular flexibility index (Phi) is 2.43. The zero-order valence-corrected chi connectivity index (χ0v) is 8.36. The molecular formula is C10H7ClN2O2. The van der Waals surface area contributed by atoms with E-state index in [2.05, 4.69) is 5.10 Å². The van der Waals surface area contributed by atoms with Crippen molar-refractivity contribution < 1.29 is 4.79 Å². The lowest BCUT2D eigenvalue weighted by Crippen LogP contribution is -2.06. The number of nitrogens with one attached hydrogen (secondary N) is 1. The van der Waals surface area contributed by atoms with Gasteiger partial charge in [-0.1, -0.05) is 18.2 Å². The van der Waals surface area contributed by atoms with Crippen molar-refractivity contribution in [1.29, 1.82) is 0 Å². The molecular weight excluding hydrogens is 216 g/mol. The molecule has 1 heterocycles. The third kappa shape index (κ3) is 1.85. The number of carbonyl (C=O) groups excluding carboxylic acids is 1. The van der Waals surface area contributed by atoms with Crippen LogP contribution in [0, 0.1) is 0 Å². The number of aromatic nitrogens is 2. The van der Waals surface area contributed by atoms with Crippen LogP contribution in [0.4, 0.5) is 0 Å². The maximum Gasteiger partial charge on any atom is 0.271 e. The van der Waals surface area contributed by atoms with Crippen LogP contribution in [0.1, 0.15) is 10.5 Å². The summed E-state index contributed by atoms with van der Waals surface area (Å²) in [6.07, 6.45) is 0. The lowest BCUT2D eigenvalue weighted by atomic mass is 10.3. The molecule has 0 amide bonds. The zero-order chi connectivity index (χ0) is 10.8. The molecule has 76 valence electrons. The van der Waals surface area contributed by atoms with Crippen molar-refractivity contribution in [3.05, 3.63) is 52.4 Å². The predicted octanol–water partition coefficient (Wildman–Crippen LogP) is 1.54. The van der Waals surface area contributed by atoms with Crippen LogP contribution in [0.25, 0.3) is 5.69 Å². The molecule has 0 unspecified atom stereocenters. The van der Waals surface area contributed by atoms with Gasteiger partial charge >= 0.3 is 0 Å². The number of aromatic amines is 1. The molecule has 2 aromatic rings. The lowest BCUT2D eigenvalue weighted by molar-refractivity contribution is 0.107. The fourth-order valence-corrected chi connectivity index (χ4v) is 1.46. The molecule has 0 spiro atoms. The maximum atomic E-state index is 11.1. The first-order valence-corrected chi connectivity index (χ1v) is 4.63. The number of nitrogens with zero attached hydrogens (tertiary/aromatic N) is 1. The SMILES string of the molecule is O=C(Cl)c1cc(=O)[nH]n1-c1ccccc1. The minimum Gasteiger partial charge on any atom is -0.274 e. The molecule has 1 N–H and O–H groups in total. The molecule has 2 rings (SSSR count). The number of H-pyrrole nitrogens is 1. The highest BCUT2D eigenvalue weighted by Gasteiger charge is 2.11. The summed E-state index contributed by atoms with van der Waals surface area (Å²) < 4.78 is 1.36. The summed E-state index contributed by atoms with van der Waals surface area (Å²) in [5.41, 5.74) is 0.458. The standard InChI is InChI=1S/C10H7ClN2O2/c11-10(15)8-6-9(14)12-13(8)7-4-2-1-3-5-7/h1-6H,(H,12,14). The molecule has 0 aliphatic carbocycles. The van der Waals surface area contributed by atoms with E-state index >= 15 is 0 Å². The van der Waals surface area contributed by atoms with E-state index in [1.165, 1.54) is 10.7 Å². The van der Waals surface area contributed by atoms with Gasteiger partial charge in [0.15, 0.2) is 0 Å². The maximum absolute atomic E-state index is 11.1. The molecule has 1 aromatic heterocycles. The van der Waals surface area contributed by atoms with Crippen LogP contribution in [0.3, 0.4) is 0 Å². The third-order valence-electron chi connectivity index (χ3n) is 1.95. The Hall–Kier alpha value is -1.81. The average molecular weight is 223 g/mol. The van der Waals surface area contributed by atoms with E-state index in [-0.39, 0.29) is 11.3 Å². The summed E-state index contributed by atoms with van der Waals surface area (Å²) in [5, 5.41) is 1.83. The molecule has 5 heteroatoms. The van der Waals surface area contributed by atoms with Crippen LogP contribution in [-0.4, -0.2) is 15.0 Å². The summed E-state index contributed by atoms with van der Waals surface area (Å²) in [4.78, 5) is 22.1. The number of rotatable bonds is 2. The summed E-state index contributed by atoms with van der Waals surface area (Å²) >= 11 is 5.35. The second-order valence-electron chi connectivity index (χ2n) is 2.95. The molecule has 4 nitrogen and oxygen atoms in total. The average Bonchev–Trinajstić information content (AvgIpc) is 2.62. The van der Waals surface area contributed by atoms with E-state index in [9.17, 15) is 9.59 Å². The van der Waals surface area contributed by atoms with Crippen molar-refractivity contribution in [2.75, 3.05) is 0 Å². The van der Waals surface area contributed by atoms with Gasteiger partial charge in [0, 0.05) is 6.07 Å². The van der Waals surface area contributed by atoms with Crippen molar-refractivity contribution in [2.45, 2.75) is 0 Å². The minimum absolute atomic E-state index is 0.132. The monoisotopic (exact) mass is 222 g/mol. The van der Waals surface area contributed by atoms with Gasteiger partial charge in [0.2, 0.25) is 0 Å². The second-order valence-corrected chi connectivity index (χ2v) is 3.29. The molecule has 0 saturated carbocycles. The molecule has 0 saturated heterocycles. The zero-order valence-electron chi connectivity index (χ0n) is 7.61. The van der Waals surface area contributed by atoms with Gasteiger partial charge in [-0.15, -0.1) is 0 Å². The minimum atomic E-state index is -0.669. The summed E-state index contributed by atoms with van der Waals surface area (Å²) in [5.74, 6) is 0. The number of benzene rings is 1. The van der Waals surface area contributed by atoms with Gasteiger partial charge in [-0.3, -0.25) is 14.7 Å². The van der Waals surface area contributed by atoms with E-state index in [1.807, 2.05) is 6.07 Å². The van der Waals surface area contributed by atoms with Crippen molar-refractivity contribution in [3.8, 4) is 5.69 Å². The van der Waals surface area contributed by atoms with Gasteiger partial charge in [-0.2, -0.15) is 0 Å². The van der Waals surface area contributed by atoms with Crippen molar-refractivity contribution in [2.24, 2.45) is 0 Å². The molecule has 0 aliphatic heterocycles. The number of para-hydroxylation sites is 1. The summed E-state index contributed by atoms with van der Waals surface area (Å²) in [7, 11) is 0. The van der Waals surface area contributed by atoms with Gasteiger partial charge in [0.1, 0.15) is 5.69 Å². The molecule has 0 aliphatic rings. The van der Waals surface area contributed by atoms with Gasteiger partial charge in [0.25, 0.3) is 10.8 Å². The normalized spacial score (nSPS) is 10.2. The Balaban J connectivity index is 2.63. The van der Waals surface area contributed by atoms with E-state index in [0.717, 1.165) is 0 Å². The van der Waals surface area contributed by atoms with Crippen molar-refractivity contribution >= 4 is 16.8 Å². The highest BCUT2D eigenvalue weighted by molar-refractivity contribution is 6.67. The molecule has 0 fully saturated rings. The topological polar surface area (TPSA) is 54.9 Å². The van der Waals surface area contributed by atoms with E-state index in [1.54, 1.807) is 24.3 Å². The van der Waals surface area contributed by atoms with Gasteiger partial charge < -0.3 is 0 Å². The number of carbonyl (C=O) groups is 1. The number of hydrogen-bond donors (Lipinski definition) is 1. The fraction of sp³-hybridized carbons (Fsp3) is 0. The van der Waals surface area contributed by atoms with E-state index in [4.69, 9.17) is 11.6 Å². The fourth-order valence-electron chi connectivity index (χ4n) is 1.32. The van der Waals surface area contributed by atoms with Crippen molar-refractivity contribution in [1.82, 2.24) is 9.78 Å². The Morgan fingerprint density at radius 2 is 1.93 bits per heavy atom. The number of halogens is 1. The van der Waals surface area contributed by atoms with E-state index in [0.29, 0.717) is 5.69 Å². The second kappa shape index (κ2) is 3.74. The quantitative estimate of drug-likeness (QED) is 0.784. The van der Waals surface area contributed by atoms with Crippen LogP contribution in [-0.2, 0) is 0 Å².